The summed E-state index contributed by atoms with van der Waals surface area (Å²) >= 11 is 12.0. The molecule has 0 heterocycles. The molecule has 0 saturated carbocycles. The predicted molar refractivity (Wildman–Crippen MR) is 94.2 cm³/mol. The summed E-state index contributed by atoms with van der Waals surface area (Å²) in [6, 6.07) is 12.9. The molecule has 0 spiro atoms. The first-order valence-corrected chi connectivity index (χ1v) is 8.09. The number of hydrogen-bond donors (Lipinski definition) is 1. The molecule has 1 unspecified atom stereocenters. The Labute approximate surface area is 146 Å². The normalized spacial score (nSPS) is 11.8. The molecule has 0 radical (unpaired) electrons. The van der Waals surface area contributed by atoms with E-state index in [1.54, 1.807) is 19.2 Å². The third-order valence-corrected chi connectivity index (χ3v) is 4.20. The smallest absolute Gasteiger partial charge is 0.223 e. The number of rotatable bonds is 6. The zero-order valence-corrected chi connectivity index (χ0v) is 14.6. The van der Waals surface area contributed by atoms with Gasteiger partial charge in [-0.3, -0.25) is 4.79 Å². The van der Waals surface area contributed by atoms with Crippen molar-refractivity contribution in [3.8, 4) is 5.75 Å². The predicted octanol–water partition coefficient (Wildman–Crippen LogP) is 4.50. The fraction of sp³-hybridized carbons (Fsp3) is 0.278. The Bertz CT molecular complexity index is 671. The summed E-state index contributed by atoms with van der Waals surface area (Å²) in [4.78, 5) is 12.2. The third-order valence-electron chi connectivity index (χ3n) is 3.61. The third kappa shape index (κ3) is 5.15. The van der Waals surface area contributed by atoms with Gasteiger partial charge in [-0.2, -0.15) is 0 Å². The number of carbonyl (C=O) groups is 1. The minimum Gasteiger partial charge on any atom is -0.497 e. The first kappa shape index (κ1) is 17.6. The molecule has 0 aliphatic carbocycles. The van der Waals surface area contributed by atoms with Crippen LogP contribution in [0.2, 0.25) is 10.0 Å². The van der Waals surface area contributed by atoms with E-state index in [2.05, 4.69) is 5.32 Å². The van der Waals surface area contributed by atoms with Crippen LogP contribution >= 0.6 is 23.2 Å². The maximum Gasteiger partial charge on any atom is 0.223 e. The molecule has 5 heteroatoms. The van der Waals surface area contributed by atoms with E-state index in [-0.39, 0.29) is 11.8 Å². The molecule has 0 aliphatic heterocycles. The SMILES string of the molecule is COc1ccc(CNC(=O)C(C)Cc2ccc(Cl)cc2Cl)cc1. The molecule has 122 valence electrons. The van der Waals surface area contributed by atoms with Gasteiger partial charge in [0, 0.05) is 22.5 Å². The molecule has 2 aromatic carbocycles. The highest BCUT2D eigenvalue weighted by Crippen LogP contribution is 2.23. The molecule has 0 aliphatic rings. The molecule has 1 amide bonds. The first-order chi connectivity index (χ1) is 11.0. The highest BCUT2D eigenvalue weighted by molar-refractivity contribution is 6.35. The summed E-state index contributed by atoms with van der Waals surface area (Å²) in [5.41, 5.74) is 1.94. The molecule has 2 aromatic rings. The summed E-state index contributed by atoms with van der Waals surface area (Å²) in [6.07, 6.45) is 0.574. The second-order valence-corrected chi connectivity index (χ2v) is 6.25. The van der Waals surface area contributed by atoms with E-state index in [0.717, 1.165) is 16.9 Å². The van der Waals surface area contributed by atoms with Crippen LogP contribution in [0.3, 0.4) is 0 Å². The highest BCUT2D eigenvalue weighted by Gasteiger charge is 2.15. The average Bonchev–Trinajstić information content (AvgIpc) is 2.55. The van der Waals surface area contributed by atoms with E-state index in [9.17, 15) is 4.79 Å². The van der Waals surface area contributed by atoms with Crippen molar-refractivity contribution < 1.29 is 9.53 Å². The largest absolute Gasteiger partial charge is 0.497 e. The Morgan fingerprint density at radius 1 is 1.17 bits per heavy atom. The van der Waals surface area contributed by atoms with Crippen molar-refractivity contribution in [2.45, 2.75) is 19.9 Å². The van der Waals surface area contributed by atoms with Gasteiger partial charge in [-0.05, 0) is 41.8 Å². The van der Waals surface area contributed by atoms with Crippen molar-refractivity contribution in [3.05, 3.63) is 63.6 Å². The zero-order chi connectivity index (χ0) is 16.8. The number of amides is 1. The maximum absolute atomic E-state index is 12.2. The fourth-order valence-corrected chi connectivity index (χ4v) is 2.70. The molecule has 0 fully saturated rings. The van der Waals surface area contributed by atoms with Gasteiger partial charge in [0.2, 0.25) is 5.91 Å². The van der Waals surface area contributed by atoms with Crippen molar-refractivity contribution in [1.29, 1.82) is 0 Å². The molecule has 2 rings (SSSR count). The Balaban J connectivity index is 1.89. The summed E-state index contributed by atoms with van der Waals surface area (Å²) in [5.74, 6) is 0.615. The van der Waals surface area contributed by atoms with E-state index in [1.807, 2.05) is 37.3 Å². The standard InChI is InChI=1S/C18H19Cl2NO2/c1-12(9-14-5-6-15(19)10-17(14)20)18(22)21-11-13-3-7-16(23-2)8-4-13/h3-8,10,12H,9,11H2,1-2H3,(H,21,22). The average molecular weight is 352 g/mol. The zero-order valence-electron chi connectivity index (χ0n) is 13.1. The van der Waals surface area contributed by atoms with Crippen molar-refractivity contribution in [2.75, 3.05) is 7.11 Å². The van der Waals surface area contributed by atoms with E-state index < -0.39 is 0 Å². The quantitative estimate of drug-likeness (QED) is 0.832. The van der Waals surface area contributed by atoms with Crippen LogP contribution in [0.4, 0.5) is 0 Å². The van der Waals surface area contributed by atoms with Crippen LogP contribution in [0.15, 0.2) is 42.5 Å². The van der Waals surface area contributed by atoms with E-state index in [1.165, 1.54) is 0 Å². The van der Waals surface area contributed by atoms with Crippen molar-refractivity contribution in [2.24, 2.45) is 5.92 Å². The molecule has 1 N–H and O–H groups in total. The van der Waals surface area contributed by atoms with Crippen LogP contribution in [0.5, 0.6) is 5.75 Å². The highest BCUT2D eigenvalue weighted by atomic mass is 35.5. The van der Waals surface area contributed by atoms with Gasteiger partial charge in [0.1, 0.15) is 5.75 Å². The van der Waals surface area contributed by atoms with Gasteiger partial charge in [-0.25, -0.2) is 0 Å². The van der Waals surface area contributed by atoms with Gasteiger partial charge in [0.15, 0.2) is 0 Å². The second-order valence-electron chi connectivity index (χ2n) is 5.41. The minimum absolute atomic E-state index is 0.00756. The van der Waals surface area contributed by atoms with Crippen molar-refractivity contribution in [1.82, 2.24) is 5.32 Å². The van der Waals surface area contributed by atoms with Crippen LogP contribution in [0, 0.1) is 5.92 Å². The lowest BCUT2D eigenvalue weighted by Gasteiger charge is -2.13. The van der Waals surface area contributed by atoms with Gasteiger partial charge in [-0.1, -0.05) is 48.3 Å². The monoisotopic (exact) mass is 351 g/mol. The second kappa shape index (κ2) is 8.23. The van der Waals surface area contributed by atoms with E-state index in [0.29, 0.717) is 23.0 Å². The Morgan fingerprint density at radius 3 is 2.48 bits per heavy atom. The summed E-state index contributed by atoms with van der Waals surface area (Å²) in [5, 5.41) is 4.12. The Hall–Kier alpha value is -1.71. The van der Waals surface area contributed by atoms with Crippen LogP contribution in [0.1, 0.15) is 18.1 Å². The maximum atomic E-state index is 12.2. The number of benzene rings is 2. The van der Waals surface area contributed by atoms with Crippen LogP contribution in [0.25, 0.3) is 0 Å². The summed E-state index contributed by atoms with van der Waals surface area (Å²) in [6.45, 7) is 2.37. The van der Waals surface area contributed by atoms with Gasteiger partial charge < -0.3 is 10.1 Å². The Kier molecular flexibility index (Phi) is 6.31. The molecule has 3 nitrogen and oxygen atoms in total. The fourth-order valence-electron chi connectivity index (χ4n) is 2.22. The number of carbonyl (C=O) groups excluding carboxylic acids is 1. The molecular weight excluding hydrogens is 333 g/mol. The lowest BCUT2D eigenvalue weighted by molar-refractivity contribution is -0.124. The van der Waals surface area contributed by atoms with Gasteiger partial charge in [-0.15, -0.1) is 0 Å². The first-order valence-electron chi connectivity index (χ1n) is 7.34. The molecule has 1 atom stereocenters. The lowest BCUT2D eigenvalue weighted by atomic mass is 10.00. The van der Waals surface area contributed by atoms with E-state index in [4.69, 9.17) is 27.9 Å². The van der Waals surface area contributed by atoms with E-state index >= 15 is 0 Å². The topological polar surface area (TPSA) is 38.3 Å². The molecule has 0 aromatic heterocycles. The molecule has 0 saturated heterocycles. The summed E-state index contributed by atoms with van der Waals surface area (Å²) < 4.78 is 5.11. The molecular formula is C18H19Cl2NO2. The number of ether oxygens (including phenoxy) is 1. The molecule has 23 heavy (non-hydrogen) atoms. The van der Waals surface area contributed by atoms with Crippen LogP contribution in [-0.2, 0) is 17.8 Å². The number of halogens is 2. The van der Waals surface area contributed by atoms with Crippen LogP contribution < -0.4 is 10.1 Å². The van der Waals surface area contributed by atoms with Gasteiger partial charge >= 0.3 is 0 Å². The van der Waals surface area contributed by atoms with Gasteiger partial charge in [0.05, 0.1) is 7.11 Å². The number of nitrogens with one attached hydrogen (secondary N) is 1. The number of methoxy groups -OCH3 is 1. The van der Waals surface area contributed by atoms with Crippen molar-refractivity contribution >= 4 is 29.1 Å². The van der Waals surface area contributed by atoms with Crippen molar-refractivity contribution in [3.63, 3.8) is 0 Å². The van der Waals surface area contributed by atoms with Gasteiger partial charge in [0.25, 0.3) is 0 Å². The lowest BCUT2D eigenvalue weighted by Crippen LogP contribution is -2.29. The van der Waals surface area contributed by atoms with Crippen LogP contribution in [-0.4, -0.2) is 13.0 Å². The Morgan fingerprint density at radius 2 is 1.87 bits per heavy atom. The summed E-state index contributed by atoms with van der Waals surface area (Å²) in [7, 11) is 1.63. The minimum atomic E-state index is -0.174. The molecule has 0 bridgehead atoms. The number of hydrogen-bond acceptors (Lipinski definition) is 2.